The molecule has 0 unspecified atom stereocenters. The highest BCUT2D eigenvalue weighted by atomic mass is 32.2. The second-order valence-corrected chi connectivity index (χ2v) is 8.74. The van der Waals surface area contributed by atoms with Crippen molar-refractivity contribution in [2.75, 3.05) is 13.1 Å². The molecular weight excluding hydrogens is 282 g/mol. The molecule has 0 amide bonds. The molecule has 0 bridgehead atoms. The lowest BCUT2D eigenvalue weighted by Gasteiger charge is -2.34. The van der Waals surface area contributed by atoms with Crippen molar-refractivity contribution < 1.29 is 8.42 Å². The Morgan fingerprint density at radius 3 is 2.00 bits per heavy atom. The lowest BCUT2D eigenvalue weighted by Crippen LogP contribution is -2.42. The topological polar surface area (TPSA) is 37.4 Å². The zero-order valence-corrected chi connectivity index (χ0v) is 14.8. The Kier molecular flexibility index (Phi) is 4.50. The van der Waals surface area contributed by atoms with E-state index in [2.05, 4.69) is 20.8 Å². The predicted octanol–water partition coefficient (Wildman–Crippen LogP) is 3.59. The van der Waals surface area contributed by atoms with Gasteiger partial charge in [-0.25, -0.2) is 8.42 Å². The zero-order chi connectivity index (χ0) is 15.9. The minimum absolute atomic E-state index is 0.427. The maximum absolute atomic E-state index is 13.0. The van der Waals surface area contributed by atoms with Crippen LogP contribution in [-0.2, 0) is 10.0 Å². The fraction of sp³-hybridized carbons (Fsp3) is 0.647. The average molecular weight is 309 g/mol. The van der Waals surface area contributed by atoms with Crippen LogP contribution in [0.5, 0.6) is 0 Å². The summed E-state index contributed by atoms with van der Waals surface area (Å²) in [5, 5.41) is 0. The standard InChI is InChI=1S/C17H27NO2S/c1-11-7-12(2)10-18(9-11)21(19,20)17-8-13(3)14(4)15(5)16(17)6/h8,11-12H,7,9-10H2,1-6H3/t11-,12-/m1/s1. The van der Waals surface area contributed by atoms with Gasteiger partial charge in [0.15, 0.2) is 0 Å². The van der Waals surface area contributed by atoms with Gasteiger partial charge in [0.1, 0.15) is 0 Å². The van der Waals surface area contributed by atoms with Crippen molar-refractivity contribution in [2.24, 2.45) is 11.8 Å². The van der Waals surface area contributed by atoms with Crippen molar-refractivity contribution >= 4 is 10.0 Å². The van der Waals surface area contributed by atoms with Crippen LogP contribution in [-0.4, -0.2) is 25.8 Å². The first-order valence-corrected chi connectivity index (χ1v) is 9.16. The van der Waals surface area contributed by atoms with Crippen LogP contribution in [0.1, 0.15) is 42.5 Å². The van der Waals surface area contributed by atoms with Crippen molar-refractivity contribution in [3.63, 3.8) is 0 Å². The molecule has 2 atom stereocenters. The van der Waals surface area contributed by atoms with Gasteiger partial charge in [-0.2, -0.15) is 4.31 Å². The Morgan fingerprint density at radius 2 is 1.48 bits per heavy atom. The summed E-state index contributed by atoms with van der Waals surface area (Å²) in [4.78, 5) is 0.490. The first-order valence-electron chi connectivity index (χ1n) is 7.72. The van der Waals surface area contributed by atoms with Crippen molar-refractivity contribution in [3.05, 3.63) is 28.3 Å². The van der Waals surface area contributed by atoms with Gasteiger partial charge in [0.25, 0.3) is 0 Å². The van der Waals surface area contributed by atoms with E-state index in [1.165, 1.54) is 5.56 Å². The molecule has 2 rings (SSSR count). The fourth-order valence-electron chi connectivity index (χ4n) is 3.38. The molecule has 0 aliphatic carbocycles. The number of nitrogens with zero attached hydrogens (tertiary/aromatic N) is 1. The maximum Gasteiger partial charge on any atom is 0.243 e. The molecule has 21 heavy (non-hydrogen) atoms. The Hall–Kier alpha value is -0.870. The molecule has 0 radical (unpaired) electrons. The molecule has 1 fully saturated rings. The summed E-state index contributed by atoms with van der Waals surface area (Å²) in [5.41, 5.74) is 4.22. The second-order valence-electron chi connectivity index (χ2n) is 6.83. The average Bonchev–Trinajstić information content (AvgIpc) is 2.39. The monoisotopic (exact) mass is 309 g/mol. The lowest BCUT2D eigenvalue weighted by molar-refractivity contribution is 0.222. The molecule has 0 saturated carbocycles. The fourth-order valence-corrected chi connectivity index (χ4v) is 5.43. The Labute approximate surface area is 129 Å². The zero-order valence-electron chi connectivity index (χ0n) is 14.0. The molecule has 0 aromatic heterocycles. The van der Waals surface area contributed by atoms with Crippen LogP contribution >= 0.6 is 0 Å². The van der Waals surface area contributed by atoms with E-state index < -0.39 is 10.0 Å². The van der Waals surface area contributed by atoms with Crippen LogP contribution in [0.3, 0.4) is 0 Å². The number of piperidine rings is 1. The molecule has 0 spiro atoms. The van der Waals surface area contributed by atoms with Gasteiger partial charge in [-0.05, 0) is 74.3 Å². The van der Waals surface area contributed by atoms with E-state index in [0.717, 1.165) is 23.1 Å². The minimum Gasteiger partial charge on any atom is -0.207 e. The third kappa shape index (κ3) is 3.02. The lowest BCUT2D eigenvalue weighted by atomic mass is 9.94. The first kappa shape index (κ1) is 16.5. The number of rotatable bonds is 2. The second kappa shape index (κ2) is 5.73. The van der Waals surface area contributed by atoms with Gasteiger partial charge < -0.3 is 0 Å². The highest BCUT2D eigenvalue weighted by Crippen LogP contribution is 2.31. The van der Waals surface area contributed by atoms with Gasteiger partial charge in [0.05, 0.1) is 4.90 Å². The van der Waals surface area contributed by atoms with Gasteiger partial charge in [-0.1, -0.05) is 13.8 Å². The van der Waals surface area contributed by atoms with E-state index in [1.54, 1.807) is 4.31 Å². The predicted molar refractivity (Wildman–Crippen MR) is 87.1 cm³/mol. The van der Waals surface area contributed by atoms with Gasteiger partial charge in [0.2, 0.25) is 10.0 Å². The Morgan fingerprint density at radius 1 is 0.952 bits per heavy atom. The smallest absolute Gasteiger partial charge is 0.207 e. The first-order chi connectivity index (χ1) is 9.64. The van der Waals surface area contributed by atoms with E-state index in [-0.39, 0.29) is 0 Å². The molecule has 1 heterocycles. The van der Waals surface area contributed by atoms with Crippen molar-refractivity contribution in [3.8, 4) is 0 Å². The molecule has 0 N–H and O–H groups in total. The van der Waals surface area contributed by atoms with Crippen LogP contribution < -0.4 is 0 Å². The summed E-state index contributed by atoms with van der Waals surface area (Å²) in [7, 11) is -3.39. The van der Waals surface area contributed by atoms with E-state index in [9.17, 15) is 8.42 Å². The van der Waals surface area contributed by atoms with E-state index in [1.807, 2.05) is 26.8 Å². The van der Waals surface area contributed by atoms with Gasteiger partial charge in [-0.15, -0.1) is 0 Å². The Bertz CT molecular complexity index is 639. The quantitative estimate of drug-likeness (QED) is 0.837. The molecular formula is C17H27NO2S. The highest BCUT2D eigenvalue weighted by molar-refractivity contribution is 7.89. The third-order valence-corrected chi connectivity index (χ3v) is 6.84. The summed E-state index contributed by atoms with van der Waals surface area (Å²) < 4.78 is 27.8. The van der Waals surface area contributed by atoms with Crippen molar-refractivity contribution in [2.45, 2.75) is 52.9 Å². The number of hydrogen-bond donors (Lipinski definition) is 0. The van der Waals surface area contributed by atoms with E-state index in [0.29, 0.717) is 29.8 Å². The van der Waals surface area contributed by atoms with Crippen LogP contribution in [0.2, 0.25) is 0 Å². The number of aryl methyl sites for hydroxylation is 1. The molecule has 4 heteroatoms. The van der Waals surface area contributed by atoms with Crippen molar-refractivity contribution in [1.82, 2.24) is 4.31 Å². The molecule has 1 aromatic rings. The van der Waals surface area contributed by atoms with E-state index >= 15 is 0 Å². The Balaban J connectivity index is 2.50. The number of sulfonamides is 1. The van der Waals surface area contributed by atoms with Gasteiger partial charge in [-0.3, -0.25) is 0 Å². The largest absolute Gasteiger partial charge is 0.243 e. The summed E-state index contributed by atoms with van der Waals surface area (Å²) in [6.07, 6.45) is 1.11. The van der Waals surface area contributed by atoms with E-state index in [4.69, 9.17) is 0 Å². The van der Waals surface area contributed by atoms with Crippen LogP contribution in [0.4, 0.5) is 0 Å². The maximum atomic E-state index is 13.0. The number of hydrogen-bond acceptors (Lipinski definition) is 2. The van der Waals surface area contributed by atoms with Crippen molar-refractivity contribution in [1.29, 1.82) is 0 Å². The summed E-state index contributed by atoms with van der Waals surface area (Å²) in [5.74, 6) is 0.855. The highest BCUT2D eigenvalue weighted by Gasteiger charge is 2.33. The SMILES string of the molecule is Cc1cc(S(=O)(=O)N2C[C@H](C)C[C@@H](C)C2)c(C)c(C)c1C. The minimum atomic E-state index is -3.39. The summed E-state index contributed by atoms with van der Waals surface area (Å²) >= 11 is 0. The number of benzene rings is 1. The molecule has 118 valence electrons. The molecule has 3 nitrogen and oxygen atoms in total. The third-order valence-electron chi connectivity index (χ3n) is 4.89. The van der Waals surface area contributed by atoms with Gasteiger partial charge in [0, 0.05) is 13.1 Å². The normalized spacial score (nSPS) is 24.3. The van der Waals surface area contributed by atoms with Crippen LogP contribution in [0.15, 0.2) is 11.0 Å². The van der Waals surface area contributed by atoms with Gasteiger partial charge >= 0.3 is 0 Å². The van der Waals surface area contributed by atoms with Crippen LogP contribution in [0, 0.1) is 39.5 Å². The molecule has 1 aromatic carbocycles. The molecule has 1 aliphatic rings. The van der Waals surface area contributed by atoms with Crippen LogP contribution in [0.25, 0.3) is 0 Å². The summed E-state index contributed by atoms with van der Waals surface area (Å²) in [6.45, 7) is 13.5. The molecule has 1 saturated heterocycles. The molecule has 1 aliphatic heterocycles. The summed E-state index contributed by atoms with van der Waals surface area (Å²) in [6, 6.07) is 1.84.